The molecule has 10 heteroatoms. The molecule has 1 aromatic heterocycles. The molecule has 0 N–H and O–H groups in total. The van der Waals surface area contributed by atoms with Gasteiger partial charge in [0.1, 0.15) is 0 Å². The fourth-order valence-corrected chi connectivity index (χ4v) is 3.45. The zero-order valence-corrected chi connectivity index (χ0v) is 15.4. The van der Waals surface area contributed by atoms with E-state index in [1.165, 1.54) is 12.1 Å². The molecule has 0 radical (unpaired) electrons. The number of amides is 1. The summed E-state index contributed by atoms with van der Waals surface area (Å²) in [6.07, 6.45) is -0.640. The molecule has 0 spiro atoms. The van der Waals surface area contributed by atoms with Crippen LogP contribution in [0.3, 0.4) is 0 Å². The normalized spacial score (nSPS) is 12.5. The van der Waals surface area contributed by atoms with Crippen molar-refractivity contribution in [3.05, 3.63) is 57.8 Å². The molecule has 1 aromatic carbocycles. The fourth-order valence-electron chi connectivity index (χ4n) is 2.19. The van der Waals surface area contributed by atoms with Crippen LogP contribution in [0.2, 0.25) is 0 Å². The quantitative estimate of drug-likeness (QED) is 0.797. The number of ether oxygens (including phenoxy) is 1. The van der Waals surface area contributed by atoms with Gasteiger partial charge in [0.2, 0.25) is 0 Å². The first-order chi connectivity index (χ1) is 12.1. The average Bonchev–Trinajstić information content (AvgIpc) is 2.61. The third-order valence-corrected chi connectivity index (χ3v) is 5.36. The molecule has 0 saturated heterocycles. The van der Waals surface area contributed by atoms with Gasteiger partial charge in [-0.3, -0.25) is 4.57 Å². The second kappa shape index (κ2) is 7.24. The van der Waals surface area contributed by atoms with E-state index in [-0.39, 0.29) is 14.8 Å². The number of hydrogen-bond donors (Lipinski definition) is 0. The van der Waals surface area contributed by atoms with Gasteiger partial charge in [-0.15, -0.1) is 0 Å². The van der Waals surface area contributed by atoms with Crippen molar-refractivity contribution in [2.75, 3.05) is 7.11 Å². The van der Waals surface area contributed by atoms with Crippen molar-refractivity contribution in [2.45, 2.75) is 24.7 Å². The maximum atomic E-state index is 14.3. The van der Waals surface area contributed by atoms with E-state index in [1.807, 2.05) is 13.8 Å². The number of halogens is 1. The summed E-state index contributed by atoms with van der Waals surface area (Å²) in [6, 6.07) is 5.95. The Morgan fingerprint density at radius 1 is 1.23 bits per heavy atom. The van der Waals surface area contributed by atoms with E-state index in [0.717, 1.165) is 19.7 Å². The average molecular weight is 383 g/mol. The summed E-state index contributed by atoms with van der Waals surface area (Å²) < 4.78 is 44.8. The number of carbonyl (C=O) groups excluding carboxylic acids is 1. The van der Waals surface area contributed by atoms with Gasteiger partial charge < -0.3 is 4.74 Å². The smallest absolute Gasteiger partial charge is 0.435 e. The minimum absolute atomic E-state index is 0.166. The highest BCUT2D eigenvalue weighted by Gasteiger charge is 2.22. The van der Waals surface area contributed by atoms with E-state index >= 15 is 0 Å². The second-order valence-corrected chi connectivity index (χ2v) is 7.56. The van der Waals surface area contributed by atoms with E-state index < -0.39 is 33.1 Å². The molecule has 8 nitrogen and oxygen atoms in total. The minimum atomic E-state index is -4.32. The molecular formula is C16H18FN3O5S. The van der Waals surface area contributed by atoms with E-state index in [4.69, 9.17) is 0 Å². The van der Waals surface area contributed by atoms with Crippen LogP contribution in [0.15, 0.2) is 45.1 Å². The number of aromatic nitrogens is 2. The standard InChI is InChI=1S/C16H18FN3O5S/c1-10(2)11-5-7-12(8-6-11)26(23,24)20-9-13(17)14(18-15(21)25-4)19(3)16(20)22/h5-10H,1-4H3. The molecular weight excluding hydrogens is 365 g/mol. The third kappa shape index (κ3) is 3.59. The van der Waals surface area contributed by atoms with Crippen molar-refractivity contribution in [3.8, 4) is 0 Å². The summed E-state index contributed by atoms with van der Waals surface area (Å²) in [7, 11) is -2.19. The van der Waals surface area contributed by atoms with Gasteiger partial charge >= 0.3 is 11.8 Å². The van der Waals surface area contributed by atoms with Crippen molar-refractivity contribution < 1.29 is 22.3 Å². The lowest BCUT2D eigenvalue weighted by molar-refractivity contribution is 0.181. The maximum Gasteiger partial charge on any atom is 0.435 e. The zero-order valence-electron chi connectivity index (χ0n) is 14.6. The summed E-state index contributed by atoms with van der Waals surface area (Å²) in [5.41, 5.74) is -0.800. The Morgan fingerprint density at radius 3 is 2.31 bits per heavy atom. The molecule has 0 aliphatic heterocycles. The molecule has 26 heavy (non-hydrogen) atoms. The van der Waals surface area contributed by atoms with E-state index in [0.29, 0.717) is 10.8 Å². The van der Waals surface area contributed by atoms with Crippen molar-refractivity contribution in [1.29, 1.82) is 0 Å². The number of hydrogen-bond acceptors (Lipinski definition) is 5. The first-order valence-corrected chi connectivity index (χ1v) is 9.00. The second-order valence-electron chi connectivity index (χ2n) is 5.75. The van der Waals surface area contributed by atoms with Crippen LogP contribution < -0.4 is 11.2 Å². The molecule has 1 amide bonds. The summed E-state index contributed by atoms with van der Waals surface area (Å²) in [4.78, 5) is 26.7. The Labute approximate surface area is 149 Å². The molecule has 0 aliphatic rings. The monoisotopic (exact) mass is 383 g/mol. The largest absolute Gasteiger partial charge is 0.451 e. The van der Waals surface area contributed by atoms with Crippen molar-refractivity contribution in [1.82, 2.24) is 8.54 Å². The molecule has 0 fully saturated rings. The maximum absolute atomic E-state index is 14.3. The SMILES string of the molecule is COC(=O)N=c1c(F)cn(S(=O)(=O)c2ccc(C(C)C)cc2)c(=O)n1C. The van der Waals surface area contributed by atoms with E-state index in [2.05, 4.69) is 9.73 Å². The van der Waals surface area contributed by atoms with Crippen molar-refractivity contribution in [2.24, 2.45) is 12.0 Å². The zero-order chi connectivity index (χ0) is 19.6. The summed E-state index contributed by atoms with van der Waals surface area (Å²) in [5.74, 6) is -0.969. The Balaban J connectivity index is 2.66. The molecule has 0 aliphatic carbocycles. The van der Waals surface area contributed by atoms with Crippen LogP contribution in [0, 0.1) is 5.82 Å². The lowest BCUT2D eigenvalue weighted by atomic mass is 10.0. The molecule has 0 atom stereocenters. The van der Waals surface area contributed by atoms with E-state index in [9.17, 15) is 22.4 Å². The molecule has 0 bridgehead atoms. The lowest BCUT2D eigenvalue weighted by Crippen LogP contribution is -2.42. The van der Waals surface area contributed by atoms with Gasteiger partial charge in [0.25, 0.3) is 10.0 Å². The number of methoxy groups -OCH3 is 1. The topological polar surface area (TPSA) is 99.7 Å². The Bertz CT molecular complexity index is 1070. The predicted molar refractivity (Wildman–Crippen MR) is 90.7 cm³/mol. The van der Waals surface area contributed by atoms with Gasteiger partial charge in [-0.05, 0) is 23.6 Å². The van der Waals surface area contributed by atoms with Gasteiger partial charge in [-0.25, -0.2) is 22.4 Å². The van der Waals surface area contributed by atoms with Crippen molar-refractivity contribution in [3.63, 3.8) is 0 Å². The molecule has 0 saturated carbocycles. The summed E-state index contributed by atoms with van der Waals surface area (Å²) in [6.45, 7) is 3.90. The number of nitrogens with zero attached hydrogens (tertiary/aromatic N) is 3. The molecule has 2 rings (SSSR count). The highest BCUT2D eigenvalue weighted by Crippen LogP contribution is 2.18. The molecule has 0 unspecified atom stereocenters. The number of carbonyl (C=O) groups is 1. The van der Waals surface area contributed by atoms with Gasteiger partial charge in [-0.1, -0.05) is 26.0 Å². The lowest BCUT2D eigenvalue weighted by Gasteiger charge is -2.11. The molecule has 2 aromatic rings. The van der Waals surface area contributed by atoms with Gasteiger partial charge in [0, 0.05) is 7.05 Å². The first kappa shape index (κ1) is 19.6. The predicted octanol–water partition coefficient (Wildman–Crippen LogP) is 1.35. The first-order valence-electron chi connectivity index (χ1n) is 7.56. The number of rotatable bonds is 3. The van der Waals surface area contributed by atoms with Crippen molar-refractivity contribution >= 4 is 16.1 Å². The Kier molecular flexibility index (Phi) is 5.45. The van der Waals surface area contributed by atoms with Crippen LogP contribution in [-0.4, -0.2) is 30.2 Å². The van der Waals surface area contributed by atoms with Gasteiger partial charge in [-0.2, -0.15) is 8.96 Å². The fraction of sp³-hybridized carbons (Fsp3) is 0.312. The van der Waals surface area contributed by atoms with Gasteiger partial charge in [0.05, 0.1) is 18.2 Å². The summed E-state index contributed by atoms with van der Waals surface area (Å²) in [5, 5.41) is 0. The van der Waals surface area contributed by atoms with E-state index in [1.54, 1.807) is 12.1 Å². The molecule has 140 valence electrons. The highest BCUT2D eigenvalue weighted by molar-refractivity contribution is 7.90. The minimum Gasteiger partial charge on any atom is -0.451 e. The van der Waals surface area contributed by atoms with Crippen LogP contribution in [0.4, 0.5) is 9.18 Å². The van der Waals surface area contributed by atoms with Crippen LogP contribution in [0.5, 0.6) is 0 Å². The van der Waals surface area contributed by atoms with Gasteiger partial charge in [0.15, 0.2) is 11.3 Å². The van der Waals surface area contributed by atoms with Crippen LogP contribution in [0.25, 0.3) is 0 Å². The Morgan fingerprint density at radius 2 is 1.81 bits per heavy atom. The van der Waals surface area contributed by atoms with Crippen LogP contribution in [0.1, 0.15) is 25.3 Å². The summed E-state index contributed by atoms with van der Waals surface area (Å²) >= 11 is 0. The molecule has 1 heterocycles. The van der Waals surface area contributed by atoms with Crippen LogP contribution in [-0.2, 0) is 21.8 Å². The Hall–Kier alpha value is -2.75. The third-order valence-electron chi connectivity index (χ3n) is 3.71. The van der Waals surface area contributed by atoms with Crippen LogP contribution >= 0.6 is 0 Å². The number of benzene rings is 1. The highest BCUT2D eigenvalue weighted by atomic mass is 32.2.